The molecular weight excluding hydrogens is 314 g/mol. The first-order chi connectivity index (χ1) is 8.47. The molecular formula is C13H18BrNO2S. The molecule has 0 aromatic heterocycles. The molecule has 100 valence electrons. The molecule has 0 spiro atoms. The summed E-state index contributed by atoms with van der Waals surface area (Å²) >= 11 is 7.67. The number of hydrogen-bond donors (Lipinski definition) is 1. The Balaban J connectivity index is 2.98. The van der Waals surface area contributed by atoms with Crippen LogP contribution in [0.25, 0.3) is 0 Å². The summed E-state index contributed by atoms with van der Waals surface area (Å²) in [5.74, 6) is -0.00942. The van der Waals surface area contributed by atoms with Crippen molar-refractivity contribution < 1.29 is 9.53 Å². The van der Waals surface area contributed by atoms with Crippen molar-refractivity contribution in [1.82, 2.24) is 4.90 Å². The minimum atomic E-state index is -0.00942. The molecule has 1 rings (SSSR count). The Morgan fingerprint density at radius 1 is 1.50 bits per heavy atom. The van der Waals surface area contributed by atoms with E-state index in [4.69, 9.17) is 4.74 Å². The first-order valence-electron chi connectivity index (χ1n) is 5.75. The number of thiol groups is 1. The van der Waals surface area contributed by atoms with Crippen molar-refractivity contribution in [3.8, 4) is 0 Å². The van der Waals surface area contributed by atoms with E-state index in [9.17, 15) is 4.79 Å². The third kappa shape index (κ3) is 4.00. The predicted molar refractivity (Wildman–Crippen MR) is 79.4 cm³/mol. The Bertz CT molecular complexity index is 423. The molecule has 0 aliphatic carbocycles. The van der Waals surface area contributed by atoms with E-state index in [0.717, 1.165) is 9.37 Å². The molecule has 0 saturated heterocycles. The number of ether oxygens (including phenoxy) is 1. The van der Waals surface area contributed by atoms with Crippen LogP contribution in [0.4, 0.5) is 0 Å². The summed E-state index contributed by atoms with van der Waals surface area (Å²) in [5.41, 5.74) is 0.632. The minimum absolute atomic E-state index is 0.00942. The third-order valence-electron chi connectivity index (χ3n) is 2.60. The normalized spacial score (nSPS) is 10.8. The van der Waals surface area contributed by atoms with Crippen LogP contribution < -0.4 is 0 Å². The molecule has 1 aromatic carbocycles. The van der Waals surface area contributed by atoms with Gasteiger partial charge in [-0.2, -0.15) is 0 Å². The zero-order chi connectivity index (χ0) is 13.7. The van der Waals surface area contributed by atoms with Crippen LogP contribution in [0, 0.1) is 0 Å². The van der Waals surface area contributed by atoms with Gasteiger partial charge in [-0.3, -0.25) is 4.79 Å². The van der Waals surface area contributed by atoms with Crippen molar-refractivity contribution in [2.75, 3.05) is 20.3 Å². The molecule has 1 aromatic rings. The molecule has 0 atom stereocenters. The van der Waals surface area contributed by atoms with Crippen LogP contribution in [0.1, 0.15) is 24.2 Å². The van der Waals surface area contributed by atoms with Crippen LogP contribution in [-0.2, 0) is 4.74 Å². The lowest BCUT2D eigenvalue weighted by Crippen LogP contribution is -2.39. The predicted octanol–water partition coefficient (Wildman–Crippen LogP) is 3.23. The van der Waals surface area contributed by atoms with Crippen molar-refractivity contribution in [3.05, 3.63) is 28.2 Å². The molecule has 0 unspecified atom stereocenters. The number of carbonyl (C=O) groups is 1. The second-order valence-corrected chi connectivity index (χ2v) is 5.62. The van der Waals surface area contributed by atoms with Crippen LogP contribution in [0.15, 0.2) is 27.6 Å². The molecule has 0 radical (unpaired) electrons. The first-order valence-corrected chi connectivity index (χ1v) is 6.99. The molecule has 0 fully saturated rings. The molecule has 0 aliphatic rings. The average molecular weight is 332 g/mol. The maximum atomic E-state index is 12.5. The molecule has 0 bridgehead atoms. The van der Waals surface area contributed by atoms with Gasteiger partial charge in [0.2, 0.25) is 0 Å². The summed E-state index contributed by atoms with van der Waals surface area (Å²) in [4.78, 5) is 15.0. The van der Waals surface area contributed by atoms with E-state index in [1.165, 1.54) is 0 Å². The van der Waals surface area contributed by atoms with Crippen molar-refractivity contribution in [3.63, 3.8) is 0 Å². The monoisotopic (exact) mass is 331 g/mol. The lowest BCUT2D eigenvalue weighted by atomic mass is 10.1. The fourth-order valence-electron chi connectivity index (χ4n) is 1.62. The van der Waals surface area contributed by atoms with Crippen LogP contribution >= 0.6 is 28.6 Å². The third-order valence-corrected chi connectivity index (χ3v) is 3.57. The summed E-state index contributed by atoms with van der Waals surface area (Å²) in [6.07, 6.45) is 0. The zero-order valence-electron chi connectivity index (χ0n) is 10.8. The van der Waals surface area contributed by atoms with Gasteiger partial charge >= 0.3 is 0 Å². The smallest absolute Gasteiger partial charge is 0.255 e. The van der Waals surface area contributed by atoms with Gasteiger partial charge in [-0.1, -0.05) is 0 Å². The van der Waals surface area contributed by atoms with Crippen LogP contribution in [0.3, 0.4) is 0 Å². The molecule has 5 heteroatoms. The quantitative estimate of drug-likeness (QED) is 0.839. The molecule has 1 amide bonds. The second kappa shape index (κ2) is 7.16. The Kier molecular flexibility index (Phi) is 6.18. The van der Waals surface area contributed by atoms with E-state index < -0.39 is 0 Å². The summed E-state index contributed by atoms with van der Waals surface area (Å²) < 4.78 is 5.83. The van der Waals surface area contributed by atoms with Crippen molar-refractivity contribution in [2.24, 2.45) is 0 Å². The van der Waals surface area contributed by atoms with E-state index in [-0.39, 0.29) is 11.9 Å². The standard InChI is InChI=1S/C13H18BrNO2S/c1-9(2)15(6-7-17-3)13(16)11-8-10(18)4-5-12(11)14/h4-5,8-9,18H,6-7H2,1-3H3. The van der Waals surface area contributed by atoms with E-state index >= 15 is 0 Å². The molecule has 0 N–H and O–H groups in total. The molecule has 3 nitrogen and oxygen atoms in total. The fourth-order valence-corrected chi connectivity index (χ4v) is 2.24. The van der Waals surface area contributed by atoms with Crippen LogP contribution in [-0.4, -0.2) is 37.1 Å². The van der Waals surface area contributed by atoms with Crippen molar-refractivity contribution in [2.45, 2.75) is 24.8 Å². The highest BCUT2D eigenvalue weighted by molar-refractivity contribution is 9.10. The molecule has 0 saturated carbocycles. The molecule has 0 aliphatic heterocycles. The van der Waals surface area contributed by atoms with Crippen molar-refractivity contribution in [1.29, 1.82) is 0 Å². The summed E-state index contributed by atoms with van der Waals surface area (Å²) in [5, 5.41) is 0. The van der Waals surface area contributed by atoms with Crippen LogP contribution in [0.5, 0.6) is 0 Å². The van der Waals surface area contributed by atoms with Gasteiger partial charge in [0.05, 0.1) is 12.2 Å². The SMILES string of the molecule is COCCN(C(=O)c1cc(S)ccc1Br)C(C)C. The fraction of sp³-hybridized carbons (Fsp3) is 0.462. The highest BCUT2D eigenvalue weighted by Crippen LogP contribution is 2.22. The topological polar surface area (TPSA) is 29.5 Å². The number of amides is 1. The molecule has 18 heavy (non-hydrogen) atoms. The van der Waals surface area contributed by atoms with Gasteiger partial charge in [-0.05, 0) is 48.0 Å². The Morgan fingerprint density at radius 3 is 2.72 bits per heavy atom. The van der Waals surface area contributed by atoms with E-state index in [1.54, 1.807) is 18.1 Å². The van der Waals surface area contributed by atoms with E-state index in [0.29, 0.717) is 18.7 Å². The molecule has 0 heterocycles. The number of methoxy groups -OCH3 is 1. The highest BCUT2D eigenvalue weighted by atomic mass is 79.9. The Morgan fingerprint density at radius 2 is 2.17 bits per heavy atom. The van der Waals surface area contributed by atoms with E-state index in [1.807, 2.05) is 26.0 Å². The first kappa shape index (κ1) is 15.5. The van der Waals surface area contributed by atoms with Crippen LogP contribution in [0.2, 0.25) is 0 Å². The Hall–Kier alpha value is -0.520. The van der Waals surface area contributed by atoms with Gasteiger partial charge in [0, 0.05) is 29.1 Å². The minimum Gasteiger partial charge on any atom is -0.383 e. The summed E-state index contributed by atoms with van der Waals surface area (Å²) in [6, 6.07) is 5.59. The number of benzene rings is 1. The number of halogens is 1. The number of carbonyl (C=O) groups excluding carboxylic acids is 1. The van der Waals surface area contributed by atoms with Gasteiger partial charge < -0.3 is 9.64 Å². The van der Waals surface area contributed by atoms with Gasteiger partial charge in [-0.15, -0.1) is 12.6 Å². The Labute approximate surface area is 122 Å². The van der Waals surface area contributed by atoms with Gasteiger partial charge in [0.1, 0.15) is 0 Å². The van der Waals surface area contributed by atoms with Gasteiger partial charge in [0.25, 0.3) is 5.91 Å². The second-order valence-electron chi connectivity index (χ2n) is 4.25. The number of rotatable bonds is 5. The lowest BCUT2D eigenvalue weighted by molar-refractivity contribution is 0.0634. The zero-order valence-corrected chi connectivity index (χ0v) is 13.3. The maximum Gasteiger partial charge on any atom is 0.255 e. The van der Waals surface area contributed by atoms with Gasteiger partial charge in [0.15, 0.2) is 0 Å². The average Bonchev–Trinajstić information content (AvgIpc) is 2.32. The summed E-state index contributed by atoms with van der Waals surface area (Å²) in [7, 11) is 1.63. The van der Waals surface area contributed by atoms with Gasteiger partial charge in [-0.25, -0.2) is 0 Å². The largest absolute Gasteiger partial charge is 0.383 e. The van der Waals surface area contributed by atoms with E-state index in [2.05, 4.69) is 28.6 Å². The van der Waals surface area contributed by atoms with Crippen molar-refractivity contribution >= 4 is 34.5 Å². The lowest BCUT2D eigenvalue weighted by Gasteiger charge is -2.27. The summed E-state index contributed by atoms with van der Waals surface area (Å²) in [6.45, 7) is 5.09. The highest BCUT2D eigenvalue weighted by Gasteiger charge is 2.20. The number of hydrogen-bond acceptors (Lipinski definition) is 3. The number of nitrogens with zero attached hydrogens (tertiary/aromatic N) is 1. The maximum absolute atomic E-state index is 12.5.